The zero-order valence-electron chi connectivity index (χ0n) is 15.6. The Bertz CT molecular complexity index is 257. The summed E-state index contributed by atoms with van der Waals surface area (Å²) >= 11 is 0. The number of hydrogen-bond donors (Lipinski definition) is 0. The first-order valence-electron chi connectivity index (χ1n) is 10.3. The molecule has 2 nitrogen and oxygen atoms in total. The smallest absolute Gasteiger partial charge is 0.157 e. The van der Waals surface area contributed by atoms with Crippen molar-refractivity contribution in [1.29, 1.82) is 0 Å². The summed E-state index contributed by atoms with van der Waals surface area (Å²) in [7, 11) is 0. The van der Waals surface area contributed by atoms with Crippen LogP contribution in [0.15, 0.2) is 12.2 Å². The van der Waals surface area contributed by atoms with Crippen molar-refractivity contribution in [2.24, 2.45) is 0 Å². The average Bonchev–Trinajstić information content (AvgIpc) is 2.59. The highest BCUT2D eigenvalue weighted by molar-refractivity contribution is 4.81. The molecule has 1 atom stereocenters. The molecule has 0 aromatic heterocycles. The lowest BCUT2D eigenvalue weighted by molar-refractivity contribution is -0.162. The summed E-state index contributed by atoms with van der Waals surface area (Å²) in [5.41, 5.74) is 0. The van der Waals surface area contributed by atoms with E-state index < -0.39 is 0 Å². The second-order valence-corrected chi connectivity index (χ2v) is 6.90. The van der Waals surface area contributed by atoms with Crippen molar-refractivity contribution >= 4 is 0 Å². The van der Waals surface area contributed by atoms with Crippen molar-refractivity contribution in [2.75, 3.05) is 13.2 Å². The Morgan fingerprint density at radius 3 is 2.13 bits per heavy atom. The molecule has 0 radical (unpaired) electrons. The van der Waals surface area contributed by atoms with Gasteiger partial charge in [-0.05, 0) is 51.4 Å². The van der Waals surface area contributed by atoms with Crippen LogP contribution in [0.3, 0.4) is 0 Å². The molecule has 1 rings (SSSR count). The van der Waals surface area contributed by atoms with E-state index in [-0.39, 0.29) is 6.29 Å². The standard InChI is InChI=1S/C21H40O2/c1-2-3-4-5-6-7-8-9-10-11-12-13-14-16-19-22-21-18-15-17-20-23-21/h7-8,21H,2-6,9-20H2,1H3/b8-7+. The minimum atomic E-state index is 0.0949. The Morgan fingerprint density at radius 2 is 1.48 bits per heavy atom. The Kier molecular flexibility index (Phi) is 14.9. The molecule has 1 saturated heterocycles. The summed E-state index contributed by atoms with van der Waals surface area (Å²) in [6.07, 6.45) is 24.5. The quantitative estimate of drug-likeness (QED) is 0.244. The van der Waals surface area contributed by atoms with Crippen molar-refractivity contribution in [3.63, 3.8) is 0 Å². The molecule has 0 bridgehead atoms. The maximum Gasteiger partial charge on any atom is 0.157 e. The van der Waals surface area contributed by atoms with Crippen LogP contribution < -0.4 is 0 Å². The molecule has 0 aliphatic carbocycles. The van der Waals surface area contributed by atoms with Gasteiger partial charge in [0.05, 0.1) is 0 Å². The Balaban J connectivity index is 1.72. The lowest BCUT2D eigenvalue weighted by Crippen LogP contribution is -2.22. The van der Waals surface area contributed by atoms with Gasteiger partial charge in [0.2, 0.25) is 0 Å². The molecule has 2 heteroatoms. The van der Waals surface area contributed by atoms with E-state index in [1.807, 2.05) is 0 Å². The SMILES string of the molecule is CCCCCC/C=C/CCCCCCCCOC1CCCCO1. The normalized spacial score (nSPS) is 18.7. The van der Waals surface area contributed by atoms with Crippen LogP contribution in [0.2, 0.25) is 0 Å². The van der Waals surface area contributed by atoms with Gasteiger partial charge >= 0.3 is 0 Å². The third-order valence-electron chi connectivity index (χ3n) is 4.60. The van der Waals surface area contributed by atoms with Crippen LogP contribution in [0.1, 0.15) is 103 Å². The highest BCUT2D eigenvalue weighted by Gasteiger charge is 2.13. The molecular weight excluding hydrogens is 284 g/mol. The average molecular weight is 325 g/mol. The lowest BCUT2D eigenvalue weighted by atomic mass is 10.1. The van der Waals surface area contributed by atoms with E-state index in [1.54, 1.807) is 0 Å². The first-order valence-corrected chi connectivity index (χ1v) is 10.3. The largest absolute Gasteiger partial charge is 0.353 e. The number of ether oxygens (including phenoxy) is 2. The molecule has 0 aromatic rings. The maximum atomic E-state index is 5.76. The molecule has 0 aromatic carbocycles. The van der Waals surface area contributed by atoms with Gasteiger partial charge in [0, 0.05) is 13.2 Å². The van der Waals surface area contributed by atoms with Gasteiger partial charge in [-0.3, -0.25) is 0 Å². The molecule has 1 fully saturated rings. The van der Waals surface area contributed by atoms with Crippen LogP contribution in [0.25, 0.3) is 0 Å². The van der Waals surface area contributed by atoms with E-state index in [9.17, 15) is 0 Å². The minimum Gasteiger partial charge on any atom is -0.353 e. The topological polar surface area (TPSA) is 18.5 Å². The second-order valence-electron chi connectivity index (χ2n) is 6.90. The molecule has 136 valence electrons. The summed E-state index contributed by atoms with van der Waals surface area (Å²) in [6.45, 7) is 4.04. The van der Waals surface area contributed by atoms with E-state index >= 15 is 0 Å². The van der Waals surface area contributed by atoms with E-state index in [0.29, 0.717) is 0 Å². The zero-order valence-corrected chi connectivity index (χ0v) is 15.6. The van der Waals surface area contributed by atoms with Gasteiger partial charge in [-0.1, -0.05) is 64.0 Å². The monoisotopic (exact) mass is 324 g/mol. The molecular formula is C21H40O2. The Hall–Kier alpha value is -0.340. The number of unbranched alkanes of at least 4 members (excludes halogenated alkanes) is 10. The van der Waals surface area contributed by atoms with Crippen LogP contribution in [0, 0.1) is 0 Å². The van der Waals surface area contributed by atoms with Gasteiger partial charge in [0.1, 0.15) is 0 Å². The lowest BCUT2D eigenvalue weighted by Gasteiger charge is -2.22. The van der Waals surface area contributed by atoms with Crippen LogP contribution in [0.4, 0.5) is 0 Å². The number of hydrogen-bond acceptors (Lipinski definition) is 2. The van der Waals surface area contributed by atoms with Crippen molar-refractivity contribution in [2.45, 2.75) is 110 Å². The summed E-state index contributed by atoms with van der Waals surface area (Å²) in [5, 5.41) is 0. The third-order valence-corrected chi connectivity index (χ3v) is 4.60. The zero-order chi connectivity index (χ0) is 16.4. The number of rotatable bonds is 15. The molecule has 0 spiro atoms. The molecule has 0 N–H and O–H groups in total. The molecule has 0 amide bonds. The second kappa shape index (κ2) is 16.5. The van der Waals surface area contributed by atoms with E-state index in [2.05, 4.69) is 19.1 Å². The van der Waals surface area contributed by atoms with Crippen molar-refractivity contribution in [3.05, 3.63) is 12.2 Å². The minimum absolute atomic E-state index is 0.0949. The predicted octanol–water partition coefficient (Wildman–Crippen LogP) is 6.79. The Labute approximate surface area is 145 Å². The van der Waals surface area contributed by atoms with Gasteiger partial charge < -0.3 is 9.47 Å². The van der Waals surface area contributed by atoms with Crippen LogP contribution in [0.5, 0.6) is 0 Å². The maximum absolute atomic E-state index is 5.76. The predicted molar refractivity (Wildman–Crippen MR) is 99.8 cm³/mol. The third kappa shape index (κ3) is 13.8. The fourth-order valence-electron chi connectivity index (χ4n) is 3.05. The highest BCUT2D eigenvalue weighted by atomic mass is 16.7. The summed E-state index contributed by atoms with van der Waals surface area (Å²) in [5.74, 6) is 0. The van der Waals surface area contributed by atoms with Crippen LogP contribution in [-0.2, 0) is 9.47 Å². The van der Waals surface area contributed by atoms with Crippen molar-refractivity contribution in [1.82, 2.24) is 0 Å². The van der Waals surface area contributed by atoms with Gasteiger partial charge in [0.15, 0.2) is 6.29 Å². The van der Waals surface area contributed by atoms with Crippen molar-refractivity contribution in [3.8, 4) is 0 Å². The van der Waals surface area contributed by atoms with Gasteiger partial charge in [0.25, 0.3) is 0 Å². The fraction of sp³-hybridized carbons (Fsp3) is 0.905. The van der Waals surface area contributed by atoms with E-state index in [0.717, 1.165) is 19.6 Å². The van der Waals surface area contributed by atoms with Crippen LogP contribution >= 0.6 is 0 Å². The molecule has 1 heterocycles. The first-order chi connectivity index (χ1) is 11.4. The van der Waals surface area contributed by atoms with Gasteiger partial charge in [-0.25, -0.2) is 0 Å². The van der Waals surface area contributed by atoms with Crippen molar-refractivity contribution < 1.29 is 9.47 Å². The fourth-order valence-corrected chi connectivity index (χ4v) is 3.05. The summed E-state index contributed by atoms with van der Waals surface area (Å²) in [6, 6.07) is 0. The van der Waals surface area contributed by atoms with E-state index in [1.165, 1.54) is 89.9 Å². The molecule has 1 aliphatic rings. The molecule has 1 unspecified atom stereocenters. The van der Waals surface area contributed by atoms with E-state index in [4.69, 9.17) is 9.47 Å². The molecule has 1 aliphatic heterocycles. The van der Waals surface area contributed by atoms with Gasteiger partial charge in [-0.15, -0.1) is 0 Å². The first kappa shape index (κ1) is 20.7. The highest BCUT2D eigenvalue weighted by Crippen LogP contribution is 2.14. The summed E-state index contributed by atoms with van der Waals surface area (Å²) < 4.78 is 11.3. The Morgan fingerprint density at radius 1 is 0.826 bits per heavy atom. The summed E-state index contributed by atoms with van der Waals surface area (Å²) in [4.78, 5) is 0. The van der Waals surface area contributed by atoms with Crippen LogP contribution in [-0.4, -0.2) is 19.5 Å². The molecule has 0 saturated carbocycles. The number of allylic oxidation sites excluding steroid dienone is 2. The molecule has 23 heavy (non-hydrogen) atoms. The van der Waals surface area contributed by atoms with Gasteiger partial charge in [-0.2, -0.15) is 0 Å².